The van der Waals surface area contributed by atoms with Gasteiger partial charge in [0.1, 0.15) is 9.22 Å². The monoisotopic (exact) mass is 540 g/mol. The number of hydrogen-bond donors (Lipinski definition) is 1. The fraction of sp³-hybridized carbons (Fsp3) is 0.400. The quantitative estimate of drug-likeness (QED) is 0.383. The first kappa shape index (κ1) is 32.9. The number of aromatic nitrogens is 1. The van der Waals surface area contributed by atoms with E-state index >= 15 is 0 Å². The molecule has 2 heterocycles. The van der Waals surface area contributed by atoms with E-state index in [1.54, 1.807) is 62.3 Å². The average molecular weight is 541 g/mol. The topological polar surface area (TPSA) is 74.8 Å². The number of ether oxygens (including phenoxy) is 1. The largest absolute Gasteiger partial charge is 0.388 e. The Balaban J connectivity index is 0.00000110. The fourth-order valence-electron chi connectivity index (χ4n) is 2.20. The van der Waals surface area contributed by atoms with Crippen LogP contribution >= 0.6 is 22.7 Å². The third-order valence-electron chi connectivity index (χ3n) is 4.18. The molecule has 7 nitrogen and oxygen atoms in total. The van der Waals surface area contributed by atoms with Crippen LogP contribution in [0.4, 0.5) is 0 Å². The van der Waals surface area contributed by atoms with Crippen LogP contribution in [0, 0.1) is 0 Å². The molecule has 35 heavy (non-hydrogen) atoms. The molecule has 0 saturated heterocycles. The number of thiazole rings is 1. The second-order valence-corrected chi connectivity index (χ2v) is 11.1. The Morgan fingerprint density at radius 3 is 2.43 bits per heavy atom. The Bertz CT molecular complexity index is 995. The van der Waals surface area contributed by atoms with Crippen LogP contribution in [0.5, 0.6) is 0 Å². The van der Waals surface area contributed by atoms with Gasteiger partial charge in [0.05, 0.1) is 6.61 Å². The van der Waals surface area contributed by atoms with Crippen molar-refractivity contribution < 1.29 is 13.2 Å². The number of methoxy groups -OCH3 is 1. The fourth-order valence-corrected chi connectivity index (χ4v) is 5.05. The molecule has 0 radical (unpaired) electrons. The summed E-state index contributed by atoms with van der Waals surface area (Å²) in [7, 11) is 5.71. The third kappa shape index (κ3) is 13.6. The van der Waals surface area contributed by atoms with Crippen LogP contribution in [0.15, 0.2) is 75.5 Å². The summed E-state index contributed by atoms with van der Waals surface area (Å²) in [6.07, 6.45) is 11.1. The van der Waals surface area contributed by atoms with Gasteiger partial charge in [-0.3, -0.25) is 0 Å². The molecule has 0 aliphatic carbocycles. The van der Waals surface area contributed by atoms with E-state index in [4.69, 9.17) is 4.74 Å². The van der Waals surface area contributed by atoms with Crippen molar-refractivity contribution in [3.63, 3.8) is 0 Å². The van der Waals surface area contributed by atoms with Gasteiger partial charge in [-0.1, -0.05) is 44.7 Å². The molecule has 0 atom stereocenters. The summed E-state index contributed by atoms with van der Waals surface area (Å²) in [4.78, 5) is 6.30. The number of nitrogens with one attached hydrogen (secondary N) is 1. The smallest absolute Gasteiger partial charge is 0.252 e. The first-order chi connectivity index (χ1) is 16.7. The lowest BCUT2D eigenvalue weighted by Gasteiger charge is -2.13. The molecule has 0 aliphatic rings. The highest BCUT2D eigenvalue weighted by Crippen LogP contribution is 2.19. The molecule has 0 fully saturated rings. The summed E-state index contributed by atoms with van der Waals surface area (Å²) in [6.45, 7) is 10.1. The Kier molecular flexibility index (Phi) is 18.0. The van der Waals surface area contributed by atoms with Crippen molar-refractivity contribution >= 4 is 38.8 Å². The van der Waals surface area contributed by atoms with Gasteiger partial charge in [-0.05, 0) is 43.3 Å². The van der Waals surface area contributed by atoms with Crippen LogP contribution in [0.1, 0.15) is 18.9 Å². The van der Waals surface area contributed by atoms with E-state index in [0.29, 0.717) is 4.21 Å². The van der Waals surface area contributed by atoms with Gasteiger partial charge in [-0.25, -0.2) is 13.4 Å². The molecule has 0 bridgehead atoms. The summed E-state index contributed by atoms with van der Waals surface area (Å²) in [5.41, 5.74) is 1.66. The van der Waals surface area contributed by atoms with Crippen molar-refractivity contribution in [3.05, 3.63) is 76.3 Å². The van der Waals surface area contributed by atoms with Crippen molar-refractivity contribution in [2.75, 3.05) is 55.0 Å². The van der Waals surface area contributed by atoms with E-state index in [1.807, 2.05) is 57.6 Å². The Morgan fingerprint density at radius 2 is 1.94 bits per heavy atom. The number of rotatable bonds is 12. The average Bonchev–Trinajstić information content (AvgIpc) is 3.58. The molecule has 10 heteroatoms. The molecule has 0 aliphatic heterocycles. The van der Waals surface area contributed by atoms with Crippen molar-refractivity contribution in [2.45, 2.75) is 18.1 Å². The predicted molar refractivity (Wildman–Crippen MR) is 152 cm³/mol. The van der Waals surface area contributed by atoms with E-state index in [-0.39, 0.29) is 6.54 Å². The summed E-state index contributed by atoms with van der Waals surface area (Å²) in [6, 6.07) is 3.34. The number of nitrogens with zero attached hydrogens (tertiary/aromatic N) is 3. The van der Waals surface area contributed by atoms with Gasteiger partial charge >= 0.3 is 0 Å². The highest BCUT2D eigenvalue weighted by atomic mass is 32.2. The van der Waals surface area contributed by atoms with Crippen LogP contribution < -0.4 is 5.32 Å². The summed E-state index contributed by atoms with van der Waals surface area (Å²) >= 11 is 2.77. The molecular formula is C25H40N4O3S3. The maximum atomic E-state index is 12.4. The van der Waals surface area contributed by atoms with Crippen molar-refractivity contribution in [3.8, 4) is 0 Å². The number of allylic oxidation sites excluding steroid dienone is 3. The maximum absolute atomic E-state index is 12.4. The van der Waals surface area contributed by atoms with E-state index in [1.165, 1.54) is 15.6 Å². The van der Waals surface area contributed by atoms with E-state index in [0.717, 1.165) is 29.4 Å². The molecule has 0 unspecified atom stereocenters. The van der Waals surface area contributed by atoms with Gasteiger partial charge in [0.25, 0.3) is 10.0 Å². The van der Waals surface area contributed by atoms with E-state index in [9.17, 15) is 8.42 Å². The minimum atomic E-state index is -3.43. The normalized spacial score (nSPS) is 12.0. The molecular weight excluding hydrogens is 501 g/mol. The van der Waals surface area contributed by atoms with E-state index < -0.39 is 10.0 Å². The number of sulfonamides is 1. The highest BCUT2D eigenvalue weighted by molar-refractivity contribution is 7.91. The molecule has 0 aromatic carbocycles. The van der Waals surface area contributed by atoms with Crippen LogP contribution in [0.25, 0.3) is 6.08 Å². The Morgan fingerprint density at radius 1 is 1.23 bits per heavy atom. The Hall–Kier alpha value is -2.08. The van der Waals surface area contributed by atoms with Gasteiger partial charge in [-0.2, -0.15) is 4.31 Å². The first-order valence-electron chi connectivity index (χ1n) is 11.2. The summed E-state index contributed by atoms with van der Waals surface area (Å²) in [5.74, 6) is 0. The lowest BCUT2D eigenvalue weighted by Crippen LogP contribution is -2.26. The number of thiophene rings is 1. The van der Waals surface area contributed by atoms with Gasteiger partial charge in [0.15, 0.2) is 0 Å². The molecule has 1 N–H and O–H groups in total. The van der Waals surface area contributed by atoms with E-state index in [2.05, 4.69) is 21.8 Å². The molecule has 196 valence electrons. The Labute approximate surface area is 220 Å². The molecule has 2 rings (SSSR count). The van der Waals surface area contributed by atoms with Crippen molar-refractivity contribution in [1.29, 1.82) is 0 Å². The molecule has 0 spiro atoms. The molecule has 2 aromatic rings. The summed E-state index contributed by atoms with van der Waals surface area (Å²) in [5, 5.41) is 7.60. The zero-order valence-corrected chi connectivity index (χ0v) is 24.3. The van der Waals surface area contributed by atoms with Crippen LogP contribution in [0.2, 0.25) is 0 Å². The lowest BCUT2D eigenvalue weighted by atomic mass is 10.1. The van der Waals surface area contributed by atoms with Gasteiger partial charge < -0.3 is 15.0 Å². The van der Waals surface area contributed by atoms with Crippen LogP contribution in [-0.2, 0) is 14.8 Å². The number of hydrogen-bond acceptors (Lipinski definition) is 8. The predicted octanol–water partition coefficient (Wildman–Crippen LogP) is 4.97. The van der Waals surface area contributed by atoms with Crippen LogP contribution in [0.3, 0.4) is 0 Å². The zero-order valence-electron chi connectivity index (χ0n) is 21.9. The van der Waals surface area contributed by atoms with Crippen molar-refractivity contribution in [2.24, 2.45) is 0 Å². The summed E-state index contributed by atoms with van der Waals surface area (Å²) < 4.78 is 31.2. The maximum Gasteiger partial charge on any atom is 0.252 e. The van der Waals surface area contributed by atoms with Gasteiger partial charge in [-0.15, -0.1) is 22.7 Å². The minimum Gasteiger partial charge on any atom is -0.388 e. The lowest BCUT2D eigenvalue weighted by molar-refractivity contribution is 0.172. The van der Waals surface area contributed by atoms with Gasteiger partial charge in [0.2, 0.25) is 0 Å². The first-order valence-corrected chi connectivity index (χ1v) is 14.4. The third-order valence-corrected chi connectivity index (χ3v) is 8.12. The highest BCUT2D eigenvalue weighted by Gasteiger charge is 2.20. The number of likely N-dealkylation sites (N-methyl/N-ethyl adjacent to an activating group) is 3. The second-order valence-electron chi connectivity index (χ2n) is 7.00. The van der Waals surface area contributed by atoms with Gasteiger partial charge in [0, 0.05) is 51.6 Å². The van der Waals surface area contributed by atoms with Crippen LogP contribution in [-0.4, -0.2) is 77.6 Å². The molecule has 2 aromatic heterocycles. The van der Waals surface area contributed by atoms with Crippen molar-refractivity contribution in [1.82, 2.24) is 19.5 Å². The minimum absolute atomic E-state index is 0.284. The molecule has 0 amide bonds. The second kappa shape index (κ2) is 19.1. The zero-order chi connectivity index (χ0) is 26.7. The standard InChI is InChI=1S/C18H21N3O2S3.C5H13NO.C2H6/c1-15(19-2)16(9-10-17-20-11-14-24-17)7-4-5-12-21(3)26(22,23)18-8-6-13-25-18;1-6(2)4-5-7-3;1-2/h4-11,13-14,19H,1,12H2,2-3H3;4-5H2,1-3H3;1-2H3/b5-4-,10-9+,16-7-;;. The SMILES string of the molecule is C=C(NC)C(=C\C=C/CN(C)S(=O)(=O)c1cccs1)/C=C/c1nccs1.CC.COCCN(C)C. The molecule has 0 saturated carbocycles.